The van der Waals surface area contributed by atoms with Crippen molar-refractivity contribution in [3.05, 3.63) is 65.7 Å². The first-order valence-corrected chi connectivity index (χ1v) is 11.6. The number of rotatable bonds is 6. The van der Waals surface area contributed by atoms with Gasteiger partial charge in [-0.2, -0.15) is 0 Å². The maximum atomic E-state index is 13.5. The lowest BCUT2D eigenvalue weighted by Gasteiger charge is -2.26. The number of anilines is 1. The highest BCUT2D eigenvalue weighted by Gasteiger charge is 2.34. The molecule has 1 aliphatic carbocycles. The standard InChI is InChI=1S/C26H31N3O3/c1-2-17-29-22-16-10-9-15-21(22)23(20-13-7-4-8-14-20)27-24(25(29)30)28-26(31)32-18-19-11-5-3-6-12-19/h3,5-6,9-12,15-16,20,24H,2,4,7-8,13-14,17-18H2,1H3,(H,28,31). The summed E-state index contributed by atoms with van der Waals surface area (Å²) in [5.74, 6) is 0.0747. The molecule has 2 amide bonds. The number of alkyl carbamates (subject to hydrolysis) is 1. The number of fused-ring (bicyclic) bond motifs is 1. The van der Waals surface area contributed by atoms with Gasteiger partial charge in [0.2, 0.25) is 6.17 Å². The summed E-state index contributed by atoms with van der Waals surface area (Å²) in [5.41, 5.74) is 3.70. The quantitative estimate of drug-likeness (QED) is 0.692. The molecule has 1 atom stereocenters. The summed E-state index contributed by atoms with van der Waals surface area (Å²) in [6.45, 7) is 2.76. The van der Waals surface area contributed by atoms with Gasteiger partial charge in [-0.25, -0.2) is 4.79 Å². The first kappa shape index (κ1) is 22.1. The van der Waals surface area contributed by atoms with Crippen molar-refractivity contribution < 1.29 is 14.3 Å². The molecule has 168 valence electrons. The lowest BCUT2D eigenvalue weighted by molar-refractivity contribution is -0.120. The van der Waals surface area contributed by atoms with Crippen LogP contribution in [0.4, 0.5) is 10.5 Å². The van der Waals surface area contributed by atoms with Crippen LogP contribution < -0.4 is 10.2 Å². The highest BCUT2D eigenvalue weighted by atomic mass is 16.5. The minimum atomic E-state index is -0.992. The minimum absolute atomic E-state index is 0.145. The Bertz CT molecular complexity index is 967. The molecule has 2 aromatic carbocycles. The maximum Gasteiger partial charge on any atom is 0.409 e. The number of nitrogens with zero attached hydrogens (tertiary/aromatic N) is 2. The van der Waals surface area contributed by atoms with Crippen LogP contribution >= 0.6 is 0 Å². The van der Waals surface area contributed by atoms with E-state index >= 15 is 0 Å². The van der Waals surface area contributed by atoms with Crippen LogP contribution in [0.3, 0.4) is 0 Å². The Morgan fingerprint density at radius 2 is 1.78 bits per heavy atom. The number of benzodiazepines with no additional fused rings is 1. The number of nitrogens with one attached hydrogen (secondary N) is 1. The van der Waals surface area contributed by atoms with Gasteiger partial charge in [0, 0.05) is 18.0 Å². The largest absolute Gasteiger partial charge is 0.445 e. The van der Waals surface area contributed by atoms with Crippen LogP contribution in [0.5, 0.6) is 0 Å². The van der Waals surface area contributed by atoms with Crippen molar-refractivity contribution in [1.82, 2.24) is 5.32 Å². The van der Waals surface area contributed by atoms with Gasteiger partial charge in [0.05, 0.1) is 11.4 Å². The molecule has 1 fully saturated rings. The molecular formula is C26H31N3O3. The van der Waals surface area contributed by atoms with Gasteiger partial charge in [0.15, 0.2) is 0 Å². The van der Waals surface area contributed by atoms with Crippen LogP contribution in [-0.4, -0.2) is 30.4 Å². The Labute approximate surface area is 189 Å². The van der Waals surface area contributed by atoms with Crippen LogP contribution in [0.2, 0.25) is 0 Å². The Kier molecular flexibility index (Phi) is 7.20. The third-order valence-corrected chi connectivity index (χ3v) is 6.15. The summed E-state index contributed by atoms with van der Waals surface area (Å²) in [4.78, 5) is 32.7. The molecule has 1 heterocycles. The third-order valence-electron chi connectivity index (χ3n) is 6.15. The fourth-order valence-corrected chi connectivity index (χ4v) is 4.58. The van der Waals surface area contributed by atoms with Gasteiger partial charge >= 0.3 is 6.09 Å². The highest BCUT2D eigenvalue weighted by molar-refractivity contribution is 6.14. The van der Waals surface area contributed by atoms with E-state index in [1.54, 1.807) is 4.90 Å². The lowest BCUT2D eigenvalue weighted by atomic mass is 9.83. The molecule has 6 heteroatoms. The number of carbonyl (C=O) groups excluding carboxylic acids is 2. The fourth-order valence-electron chi connectivity index (χ4n) is 4.58. The highest BCUT2D eigenvalue weighted by Crippen LogP contribution is 2.34. The number of para-hydroxylation sites is 1. The molecule has 1 saturated carbocycles. The van der Waals surface area contributed by atoms with E-state index in [9.17, 15) is 9.59 Å². The van der Waals surface area contributed by atoms with E-state index in [1.807, 2.05) is 55.5 Å². The van der Waals surface area contributed by atoms with E-state index in [2.05, 4.69) is 11.4 Å². The number of aliphatic imine (C=N–C) groups is 1. The zero-order valence-electron chi connectivity index (χ0n) is 18.6. The predicted molar refractivity (Wildman–Crippen MR) is 126 cm³/mol. The van der Waals surface area contributed by atoms with Gasteiger partial charge in [0.1, 0.15) is 6.61 Å². The first-order chi connectivity index (χ1) is 15.7. The Morgan fingerprint density at radius 1 is 1.06 bits per heavy atom. The molecule has 0 spiro atoms. The summed E-state index contributed by atoms with van der Waals surface area (Å²) in [6.07, 6.45) is 4.85. The van der Waals surface area contributed by atoms with Crippen molar-refractivity contribution in [2.45, 2.75) is 58.2 Å². The number of amides is 2. The van der Waals surface area contributed by atoms with Gasteiger partial charge in [-0.05, 0) is 30.9 Å². The van der Waals surface area contributed by atoms with Crippen molar-refractivity contribution in [2.75, 3.05) is 11.4 Å². The third kappa shape index (κ3) is 5.01. The van der Waals surface area contributed by atoms with Crippen molar-refractivity contribution in [3.8, 4) is 0 Å². The van der Waals surface area contributed by atoms with E-state index in [4.69, 9.17) is 9.73 Å². The molecule has 2 aromatic rings. The van der Waals surface area contributed by atoms with Crippen LogP contribution in [-0.2, 0) is 16.1 Å². The van der Waals surface area contributed by atoms with Crippen molar-refractivity contribution in [2.24, 2.45) is 10.9 Å². The Morgan fingerprint density at radius 3 is 2.53 bits per heavy atom. The van der Waals surface area contributed by atoms with Crippen LogP contribution in [0.15, 0.2) is 59.6 Å². The topological polar surface area (TPSA) is 71.0 Å². The fraction of sp³-hybridized carbons (Fsp3) is 0.423. The Balaban J connectivity index is 1.61. The molecule has 0 aromatic heterocycles. The van der Waals surface area contributed by atoms with Gasteiger partial charge in [-0.3, -0.25) is 15.1 Å². The zero-order chi connectivity index (χ0) is 22.3. The van der Waals surface area contributed by atoms with Gasteiger partial charge in [-0.1, -0.05) is 74.7 Å². The molecule has 1 unspecified atom stereocenters. The second-order valence-electron chi connectivity index (χ2n) is 8.46. The van der Waals surface area contributed by atoms with Crippen LogP contribution in [0, 0.1) is 5.92 Å². The molecule has 1 aliphatic heterocycles. The molecular weight excluding hydrogens is 402 g/mol. The van der Waals surface area contributed by atoms with Gasteiger partial charge in [0.25, 0.3) is 5.91 Å². The Hall–Kier alpha value is -3.15. The van der Waals surface area contributed by atoms with E-state index < -0.39 is 12.3 Å². The number of hydrogen-bond acceptors (Lipinski definition) is 4. The first-order valence-electron chi connectivity index (χ1n) is 11.6. The number of benzene rings is 2. The van der Waals surface area contributed by atoms with Gasteiger partial charge < -0.3 is 9.64 Å². The average molecular weight is 434 g/mol. The van der Waals surface area contributed by atoms with E-state index in [0.717, 1.165) is 54.6 Å². The summed E-state index contributed by atoms with van der Waals surface area (Å²) < 4.78 is 5.38. The smallest absolute Gasteiger partial charge is 0.409 e. The predicted octanol–water partition coefficient (Wildman–Crippen LogP) is 5.07. The molecule has 6 nitrogen and oxygen atoms in total. The van der Waals surface area contributed by atoms with Crippen molar-refractivity contribution in [1.29, 1.82) is 0 Å². The average Bonchev–Trinajstić information content (AvgIpc) is 2.95. The molecule has 4 rings (SSSR count). The lowest BCUT2D eigenvalue weighted by Crippen LogP contribution is -2.47. The second-order valence-corrected chi connectivity index (χ2v) is 8.46. The molecule has 0 saturated heterocycles. The van der Waals surface area contributed by atoms with E-state index in [-0.39, 0.29) is 12.5 Å². The number of ether oxygens (including phenoxy) is 1. The number of carbonyl (C=O) groups is 2. The normalized spacial score (nSPS) is 19.0. The summed E-state index contributed by atoms with van der Waals surface area (Å²) in [6, 6.07) is 17.5. The van der Waals surface area contributed by atoms with E-state index in [0.29, 0.717) is 12.5 Å². The van der Waals surface area contributed by atoms with Crippen molar-refractivity contribution >= 4 is 23.4 Å². The zero-order valence-corrected chi connectivity index (χ0v) is 18.6. The van der Waals surface area contributed by atoms with E-state index in [1.165, 1.54) is 6.42 Å². The van der Waals surface area contributed by atoms with Crippen LogP contribution in [0.1, 0.15) is 56.6 Å². The summed E-state index contributed by atoms with van der Waals surface area (Å²) >= 11 is 0. The monoisotopic (exact) mass is 433 g/mol. The van der Waals surface area contributed by atoms with Crippen molar-refractivity contribution in [3.63, 3.8) is 0 Å². The minimum Gasteiger partial charge on any atom is -0.445 e. The molecule has 1 N–H and O–H groups in total. The summed E-state index contributed by atoms with van der Waals surface area (Å²) in [5, 5.41) is 2.73. The SMILES string of the molecule is CCCN1C(=O)C(NC(=O)OCc2ccccc2)N=C(C2CCCCC2)c2ccccc21. The molecule has 0 bridgehead atoms. The molecule has 32 heavy (non-hydrogen) atoms. The molecule has 2 aliphatic rings. The van der Waals surface area contributed by atoms with Gasteiger partial charge in [-0.15, -0.1) is 0 Å². The van der Waals surface area contributed by atoms with Crippen LogP contribution in [0.25, 0.3) is 0 Å². The molecule has 0 radical (unpaired) electrons. The second kappa shape index (κ2) is 10.4. The number of hydrogen-bond donors (Lipinski definition) is 1. The maximum absolute atomic E-state index is 13.5. The summed E-state index contributed by atoms with van der Waals surface area (Å²) in [7, 11) is 0.